The molecule has 11 nitrogen and oxygen atoms in total. The molecule has 0 spiro atoms. The van der Waals surface area contributed by atoms with Crippen LogP contribution in [0.2, 0.25) is 0 Å². The predicted molar refractivity (Wildman–Crippen MR) is 143 cm³/mol. The summed E-state index contributed by atoms with van der Waals surface area (Å²) in [6.07, 6.45) is 3.28. The van der Waals surface area contributed by atoms with E-state index < -0.39 is 29.2 Å². The SMILES string of the molecule is CCCO[C@@H](Cn1c(=O)n([C@@H]2CCN(C)C2=O)c(=O)c2c(C)c(-n3nccn3)sc21)c1cc(F)ccc1OC. The zero-order valence-corrected chi connectivity index (χ0v) is 22.9. The molecular weight excluding hydrogens is 527 g/mol. The second kappa shape index (κ2) is 10.7. The molecule has 5 rings (SSSR count). The van der Waals surface area contributed by atoms with Gasteiger partial charge in [-0.2, -0.15) is 10.2 Å². The van der Waals surface area contributed by atoms with Crippen molar-refractivity contribution in [1.29, 1.82) is 0 Å². The Bertz CT molecular complexity index is 1640. The molecule has 1 amide bonds. The second-order valence-electron chi connectivity index (χ2n) is 9.41. The molecule has 0 unspecified atom stereocenters. The maximum absolute atomic E-state index is 14.4. The minimum atomic E-state index is -0.921. The van der Waals surface area contributed by atoms with Gasteiger partial charge in [0.05, 0.1) is 31.4 Å². The third-order valence-corrected chi connectivity index (χ3v) is 8.22. The standard InChI is InChI=1S/C26H29FN6O5S/c1-5-12-38-20(17-13-16(27)6-7-19(17)37-4)14-31-25-21(15(2)24(39-25)33-28-9-10-29-33)23(35)32(26(31)36)18-8-11-30(3)22(18)34/h6-7,9-10,13,18,20H,5,8,11-12,14H2,1-4H3/t18-,20+/m1/s1. The molecule has 3 aromatic heterocycles. The number of rotatable bonds is 9. The number of likely N-dealkylation sites (N-methyl/N-ethyl adjacent to an activating group) is 1. The molecule has 206 valence electrons. The van der Waals surface area contributed by atoms with Crippen LogP contribution in [0.1, 0.15) is 43.0 Å². The Morgan fingerprint density at radius 2 is 1.95 bits per heavy atom. The number of aryl methyl sites for hydroxylation is 1. The fourth-order valence-corrected chi connectivity index (χ4v) is 6.19. The number of thiophene rings is 1. The monoisotopic (exact) mass is 556 g/mol. The minimum absolute atomic E-state index is 0.0435. The normalized spacial score (nSPS) is 16.4. The number of fused-ring (bicyclic) bond motifs is 1. The molecule has 13 heteroatoms. The van der Waals surface area contributed by atoms with Gasteiger partial charge in [-0.3, -0.25) is 14.2 Å². The van der Waals surface area contributed by atoms with Crippen molar-refractivity contribution in [3.63, 3.8) is 0 Å². The van der Waals surface area contributed by atoms with Gasteiger partial charge in [0.2, 0.25) is 5.91 Å². The van der Waals surface area contributed by atoms with E-state index in [-0.39, 0.29) is 12.5 Å². The quantitative estimate of drug-likeness (QED) is 0.312. The molecule has 0 N–H and O–H groups in total. The number of halogens is 1. The number of carbonyl (C=O) groups excluding carboxylic acids is 1. The fourth-order valence-electron chi connectivity index (χ4n) is 4.97. The highest BCUT2D eigenvalue weighted by molar-refractivity contribution is 7.21. The maximum atomic E-state index is 14.4. The molecule has 1 aliphatic rings. The smallest absolute Gasteiger partial charge is 0.332 e. The van der Waals surface area contributed by atoms with E-state index in [4.69, 9.17) is 9.47 Å². The summed E-state index contributed by atoms with van der Waals surface area (Å²) in [6.45, 7) is 4.44. The number of aromatic nitrogens is 5. The van der Waals surface area contributed by atoms with E-state index in [0.29, 0.717) is 58.1 Å². The van der Waals surface area contributed by atoms with Gasteiger partial charge in [-0.1, -0.05) is 18.3 Å². The van der Waals surface area contributed by atoms with Crippen LogP contribution in [0, 0.1) is 12.7 Å². The van der Waals surface area contributed by atoms with Crippen molar-refractivity contribution in [2.45, 2.75) is 45.4 Å². The zero-order chi connectivity index (χ0) is 27.8. The van der Waals surface area contributed by atoms with Gasteiger partial charge in [0, 0.05) is 31.3 Å². The molecular formula is C26H29FN6O5S. The molecule has 0 aliphatic carbocycles. The van der Waals surface area contributed by atoms with Gasteiger partial charge in [-0.25, -0.2) is 13.8 Å². The second-order valence-corrected chi connectivity index (χ2v) is 10.4. The molecule has 4 heterocycles. The third kappa shape index (κ3) is 4.65. The average Bonchev–Trinajstić information content (AvgIpc) is 3.65. The largest absolute Gasteiger partial charge is 0.496 e. The van der Waals surface area contributed by atoms with Crippen LogP contribution < -0.4 is 16.0 Å². The Hall–Kier alpha value is -3.84. The summed E-state index contributed by atoms with van der Waals surface area (Å²) in [5.41, 5.74) is -0.154. The lowest BCUT2D eigenvalue weighted by atomic mass is 10.1. The lowest BCUT2D eigenvalue weighted by Gasteiger charge is -2.23. The van der Waals surface area contributed by atoms with Crippen molar-refractivity contribution >= 4 is 27.5 Å². The first-order valence-electron chi connectivity index (χ1n) is 12.6. The van der Waals surface area contributed by atoms with Gasteiger partial charge in [-0.15, -0.1) is 4.80 Å². The predicted octanol–water partition coefficient (Wildman–Crippen LogP) is 2.83. The molecule has 1 aliphatic heterocycles. The first-order chi connectivity index (χ1) is 18.8. The minimum Gasteiger partial charge on any atom is -0.496 e. The summed E-state index contributed by atoms with van der Waals surface area (Å²) in [5.74, 6) is -0.365. The van der Waals surface area contributed by atoms with Gasteiger partial charge >= 0.3 is 5.69 Å². The first kappa shape index (κ1) is 26.8. The summed E-state index contributed by atoms with van der Waals surface area (Å²) in [5, 5.41) is 9.28. The molecule has 1 fully saturated rings. The molecule has 39 heavy (non-hydrogen) atoms. The third-order valence-electron chi connectivity index (χ3n) is 6.94. The van der Waals surface area contributed by atoms with Gasteiger partial charge in [0.25, 0.3) is 5.56 Å². The van der Waals surface area contributed by atoms with E-state index in [2.05, 4.69) is 10.2 Å². The average molecular weight is 557 g/mol. The summed E-state index contributed by atoms with van der Waals surface area (Å²) in [4.78, 5) is 44.2. The number of carbonyl (C=O) groups is 1. The number of methoxy groups -OCH3 is 1. The lowest BCUT2D eigenvalue weighted by Crippen LogP contribution is -2.44. The first-order valence-corrected chi connectivity index (χ1v) is 13.4. The highest BCUT2D eigenvalue weighted by Gasteiger charge is 2.35. The van der Waals surface area contributed by atoms with Gasteiger partial charge in [0.1, 0.15) is 33.5 Å². The van der Waals surface area contributed by atoms with E-state index in [1.807, 2.05) is 6.92 Å². The fraction of sp³-hybridized carbons (Fsp3) is 0.423. The van der Waals surface area contributed by atoms with Crippen molar-refractivity contribution < 1.29 is 18.7 Å². The lowest BCUT2D eigenvalue weighted by molar-refractivity contribution is -0.129. The van der Waals surface area contributed by atoms with Gasteiger partial charge < -0.3 is 14.4 Å². The molecule has 0 radical (unpaired) electrons. The number of benzene rings is 1. The van der Waals surface area contributed by atoms with E-state index in [9.17, 15) is 18.8 Å². The molecule has 1 aromatic carbocycles. The van der Waals surface area contributed by atoms with Crippen molar-refractivity contribution in [1.82, 2.24) is 29.0 Å². The van der Waals surface area contributed by atoms with Crippen molar-refractivity contribution in [3.8, 4) is 10.8 Å². The van der Waals surface area contributed by atoms with E-state index >= 15 is 0 Å². The van der Waals surface area contributed by atoms with Gasteiger partial charge in [0.15, 0.2) is 0 Å². The number of amides is 1. The molecule has 2 atom stereocenters. The van der Waals surface area contributed by atoms with Crippen LogP contribution in [0.4, 0.5) is 4.39 Å². The Labute approximate surface area is 227 Å². The van der Waals surface area contributed by atoms with Crippen LogP contribution >= 0.6 is 11.3 Å². The van der Waals surface area contributed by atoms with E-state index in [1.165, 1.54) is 63.3 Å². The van der Waals surface area contributed by atoms with Crippen LogP contribution in [-0.4, -0.2) is 62.2 Å². The van der Waals surface area contributed by atoms with Crippen LogP contribution in [0.5, 0.6) is 5.75 Å². The number of hydrogen-bond donors (Lipinski definition) is 0. The van der Waals surface area contributed by atoms with Crippen molar-refractivity contribution in [2.75, 3.05) is 27.3 Å². The molecule has 0 saturated carbocycles. The number of nitrogens with zero attached hydrogens (tertiary/aromatic N) is 6. The molecule has 4 aromatic rings. The van der Waals surface area contributed by atoms with Crippen molar-refractivity contribution in [3.05, 3.63) is 68.4 Å². The maximum Gasteiger partial charge on any atom is 0.332 e. The molecule has 1 saturated heterocycles. The Morgan fingerprint density at radius 1 is 1.21 bits per heavy atom. The number of ether oxygens (including phenoxy) is 2. The Kier molecular flexibility index (Phi) is 7.36. The highest BCUT2D eigenvalue weighted by atomic mass is 32.1. The number of likely N-dealkylation sites (tertiary alicyclic amines) is 1. The van der Waals surface area contributed by atoms with Crippen LogP contribution in [0.15, 0.2) is 40.2 Å². The van der Waals surface area contributed by atoms with E-state index in [1.54, 1.807) is 14.0 Å². The van der Waals surface area contributed by atoms with Crippen LogP contribution in [0.3, 0.4) is 0 Å². The number of hydrogen-bond acceptors (Lipinski definition) is 8. The Morgan fingerprint density at radius 3 is 2.59 bits per heavy atom. The Balaban J connectivity index is 1.77. The van der Waals surface area contributed by atoms with Gasteiger partial charge in [-0.05, 0) is 38.0 Å². The van der Waals surface area contributed by atoms with E-state index in [0.717, 1.165) is 4.57 Å². The van der Waals surface area contributed by atoms with Crippen LogP contribution in [0.25, 0.3) is 15.2 Å². The van der Waals surface area contributed by atoms with Crippen LogP contribution in [-0.2, 0) is 16.1 Å². The molecule has 0 bridgehead atoms. The summed E-state index contributed by atoms with van der Waals surface area (Å²) in [6, 6.07) is 3.20. The zero-order valence-electron chi connectivity index (χ0n) is 22.1. The van der Waals surface area contributed by atoms with Crippen molar-refractivity contribution in [2.24, 2.45) is 0 Å². The summed E-state index contributed by atoms with van der Waals surface area (Å²) < 4.78 is 28.5. The summed E-state index contributed by atoms with van der Waals surface area (Å²) in [7, 11) is 3.12. The topological polar surface area (TPSA) is 113 Å². The highest BCUT2D eigenvalue weighted by Crippen LogP contribution is 2.34. The summed E-state index contributed by atoms with van der Waals surface area (Å²) >= 11 is 1.19.